The minimum Gasteiger partial charge on any atom is -0.368 e. The SMILES string of the molecule is C[C@H]1CCC2CC(O)O[C@]2(C)[C@H]2CCCCN12. The van der Waals surface area contributed by atoms with E-state index in [0.717, 1.165) is 6.42 Å². The normalized spacial score (nSPS) is 51.7. The Morgan fingerprint density at radius 1 is 1.24 bits per heavy atom. The largest absolute Gasteiger partial charge is 0.368 e. The molecule has 3 aliphatic heterocycles. The quantitative estimate of drug-likeness (QED) is 0.703. The van der Waals surface area contributed by atoms with E-state index in [4.69, 9.17) is 4.74 Å². The van der Waals surface area contributed by atoms with Gasteiger partial charge >= 0.3 is 0 Å². The molecule has 0 radical (unpaired) electrons. The highest BCUT2D eigenvalue weighted by molar-refractivity contribution is 5.04. The lowest BCUT2D eigenvalue weighted by Gasteiger charge is -2.46. The summed E-state index contributed by atoms with van der Waals surface area (Å²) in [5, 5.41) is 9.83. The highest BCUT2D eigenvalue weighted by Gasteiger charge is 2.53. The van der Waals surface area contributed by atoms with Crippen molar-refractivity contribution >= 4 is 0 Å². The summed E-state index contributed by atoms with van der Waals surface area (Å²) in [6, 6.07) is 1.21. The summed E-state index contributed by atoms with van der Waals surface area (Å²) in [4.78, 5) is 2.65. The van der Waals surface area contributed by atoms with Crippen molar-refractivity contribution in [2.75, 3.05) is 6.54 Å². The van der Waals surface area contributed by atoms with Crippen LogP contribution in [0.25, 0.3) is 0 Å². The maximum absolute atomic E-state index is 9.83. The van der Waals surface area contributed by atoms with Crippen molar-refractivity contribution in [3.8, 4) is 0 Å². The minimum absolute atomic E-state index is 0.107. The number of hydrogen-bond donors (Lipinski definition) is 1. The zero-order valence-electron chi connectivity index (χ0n) is 11.1. The van der Waals surface area contributed by atoms with Gasteiger partial charge in [-0.05, 0) is 52.0 Å². The predicted molar refractivity (Wildman–Crippen MR) is 66.6 cm³/mol. The smallest absolute Gasteiger partial charge is 0.155 e. The number of fused-ring (bicyclic) bond motifs is 3. The first kappa shape index (κ1) is 11.9. The molecule has 0 saturated carbocycles. The van der Waals surface area contributed by atoms with E-state index in [0.29, 0.717) is 18.0 Å². The van der Waals surface area contributed by atoms with Gasteiger partial charge in [0.25, 0.3) is 0 Å². The maximum atomic E-state index is 9.83. The lowest BCUT2D eigenvalue weighted by molar-refractivity contribution is -0.168. The Balaban J connectivity index is 1.91. The predicted octanol–water partition coefficient (Wildman–Crippen LogP) is 2.14. The Labute approximate surface area is 104 Å². The van der Waals surface area contributed by atoms with E-state index in [2.05, 4.69) is 18.7 Å². The van der Waals surface area contributed by atoms with Gasteiger partial charge in [-0.15, -0.1) is 0 Å². The minimum atomic E-state index is -0.526. The lowest BCUT2D eigenvalue weighted by Crippen LogP contribution is -2.56. The number of hydrogen-bond acceptors (Lipinski definition) is 3. The van der Waals surface area contributed by atoms with Crippen LogP contribution in [-0.4, -0.2) is 40.5 Å². The molecule has 3 heterocycles. The molecule has 3 fully saturated rings. The van der Waals surface area contributed by atoms with Crippen molar-refractivity contribution in [2.45, 2.75) is 76.3 Å². The van der Waals surface area contributed by atoms with Crippen LogP contribution >= 0.6 is 0 Å². The van der Waals surface area contributed by atoms with Crippen LogP contribution in [0.4, 0.5) is 0 Å². The molecule has 1 N–H and O–H groups in total. The van der Waals surface area contributed by atoms with Gasteiger partial charge in [-0.25, -0.2) is 0 Å². The molecular formula is C14H25NO2. The fourth-order valence-electron chi connectivity index (χ4n) is 4.38. The van der Waals surface area contributed by atoms with E-state index >= 15 is 0 Å². The second kappa shape index (κ2) is 4.22. The molecule has 3 rings (SSSR count). The molecule has 3 aliphatic rings. The summed E-state index contributed by atoms with van der Waals surface area (Å²) in [5.74, 6) is 0.549. The number of ether oxygens (including phenoxy) is 1. The van der Waals surface area contributed by atoms with Gasteiger partial charge in [0.15, 0.2) is 6.29 Å². The molecule has 0 bridgehead atoms. The van der Waals surface area contributed by atoms with E-state index < -0.39 is 6.29 Å². The van der Waals surface area contributed by atoms with E-state index in [9.17, 15) is 5.11 Å². The van der Waals surface area contributed by atoms with E-state index in [1.165, 1.54) is 38.6 Å². The third kappa shape index (κ3) is 1.83. The molecule has 5 atom stereocenters. The standard InChI is InChI=1S/C14H25NO2/c1-10-6-7-11-9-13(16)17-14(11,2)12-5-3-4-8-15(10)12/h10-13,16H,3-9H2,1-2H3/t10-,11?,12+,13?,14-/m0/s1. The average Bonchev–Trinajstić information content (AvgIpc) is 2.57. The van der Waals surface area contributed by atoms with Crippen molar-refractivity contribution in [1.82, 2.24) is 4.90 Å². The van der Waals surface area contributed by atoms with Gasteiger partial charge in [0.1, 0.15) is 0 Å². The molecule has 0 aromatic rings. The molecule has 3 nitrogen and oxygen atoms in total. The topological polar surface area (TPSA) is 32.7 Å². The fraction of sp³-hybridized carbons (Fsp3) is 1.00. The summed E-state index contributed by atoms with van der Waals surface area (Å²) in [5.41, 5.74) is -0.107. The number of nitrogens with zero attached hydrogens (tertiary/aromatic N) is 1. The third-order valence-electron chi connectivity index (χ3n) is 5.39. The van der Waals surface area contributed by atoms with Gasteiger partial charge in [0.2, 0.25) is 0 Å². The van der Waals surface area contributed by atoms with Crippen LogP contribution in [0.3, 0.4) is 0 Å². The molecule has 2 unspecified atom stereocenters. The maximum Gasteiger partial charge on any atom is 0.155 e. The Kier molecular flexibility index (Phi) is 2.96. The van der Waals surface area contributed by atoms with Crippen LogP contribution in [0.5, 0.6) is 0 Å². The Hall–Kier alpha value is -0.120. The Morgan fingerprint density at radius 2 is 2.06 bits per heavy atom. The summed E-state index contributed by atoms with van der Waals surface area (Å²) >= 11 is 0. The molecule has 98 valence electrons. The highest BCUT2D eigenvalue weighted by Crippen LogP contribution is 2.47. The average molecular weight is 239 g/mol. The van der Waals surface area contributed by atoms with Gasteiger partial charge < -0.3 is 9.84 Å². The zero-order valence-corrected chi connectivity index (χ0v) is 11.1. The molecular weight excluding hydrogens is 214 g/mol. The monoisotopic (exact) mass is 239 g/mol. The van der Waals surface area contributed by atoms with Gasteiger partial charge in [-0.1, -0.05) is 6.42 Å². The van der Waals surface area contributed by atoms with Crippen molar-refractivity contribution in [3.05, 3.63) is 0 Å². The summed E-state index contributed by atoms with van der Waals surface area (Å²) in [6.45, 7) is 5.82. The zero-order chi connectivity index (χ0) is 12.0. The first-order valence-corrected chi connectivity index (χ1v) is 7.23. The van der Waals surface area contributed by atoms with E-state index in [1.807, 2.05) is 0 Å². The molecule has 0 spiro atoms. The molecule has 17 heavy (non-hydrogen) atoms. The van der Waals surface area contributed by atoms with Gasteiger partial charge in [-0.3, -0.25) is 4.90 Å². The number of aliphatic hydroxyl groups is 1. The molecule has 3 saturated heterocycles. The van der Waals surface area contributed by atoms with Gasteiger partial charge in [0.05, 0.1) is 5.60 Å². The van der Waals surface area contributed by atoms with Crippen LogP contribution in [0, 0.1) is 5.92 Å². The fourth-order valence-corrected chi connectivity index (χ4v) is 4.38. The van der Waals surface area contributed by atoms with Crippen LogP contribution in [-0.2, 0) is 4.74 Å². The second-order valence-corrected chi connectivity index (χ2v) is 6.36. The van der Waals surface area contributed by atoms with Crippen molar-refractivity contribution in [3.63, 3.8) is 0 Å². The van der Waals surface area contributed by atoms with Crippen LogP contribution in [0.15, 0.2) is 0 Å². The van der Waals surface area contributed by atoms with Crippen molar-refractivity contribution in [1.29, 1.82) is 0 Å². The summed E-state index contributed by atoms with van der Waals surface area (Å²) in [7, 11) is 0. The first-order valence-electron chi connectivity index (χ1n) is 7.23. The highest BCUT2D eigenvalue weighted by atomic mass is 16.6. The molecule has 0 aromatic heterocycles. The number of piperidine rings is 1. The van der Waals surface area contributed by atoms with Crippen LogP contribution in [0.2, 0.25) is 0 Å². The van der Waals surface area contributed by atoms with Gasteiger partial charge in [0, 0.05) is 18.5 Å². The van der Waals surface area contributed by atoms with E-state index in [-0.39, 0.29) is 5.60 Å². The molecule has 3 heteroatoms. The summed E-state index contributed by atoms with van der Waals surface area (Å²) in [6.07, 6.45) is 6.66. The molecule has 0 aliphatic carbocycles. The van der Waals surface area contributed by atoms with Gasteiger partial charge in [-0.2, -0.15) is 0 Å². The third-order valence-corrected chi connectivity index (χ3v) is 5.39. The van der Waals surface area contributed by atoms with E-state index in [1.54, 1.807) is 0 Å². The first-order chi connectivity index (χ1) is 8.11. The Morgan fingerprint density at radius 3 is 2.88 bits per heavy atom. The Bertz CT molecular complexity index is 296. The van der Waals surface area contributed by atoms with Crippen LogP contribution in [0.1, 0.15) is 52.4 Å². The second-order valence-electron chi connectivity index (χ2n) is 6.36. The number of aliphatic hydroxyl groups excluding tert-OH is 1. The molecule has 0 aromatic carbocycles. The van der Waals surface area contributed by atoms with Crippen molar-refractivity contribution < 1.29 is 9.84 Å². The van der Waals surface area contributed by atoms with Crippen LogP contribution < -0.4 is 0 Å². The molecule has 0 amide bonds. The van der Waals surface area contributed by atoms with Crippen molar-refractivity contribution in [2.24, 2.45) is 5.92 Å². The summed E-state index contributed by atoms with van der Waals surface area (Å²) < 4.78 is 5.96. The lowest BCUT2D eigenvalue weighted by atomic mass is 9.78. The number of rotatable bonds is 0.